The maximum atomic E-state index is 12.7. The van der Waals surface area contributed by atoms with Gasteiger partial charge in [-0.2, -0.15) is 0 Å². The Hall–Kier alpha value is -3.54. The quantitative estimate of drug-likeness (QED) is 0.482. The molecule has 0 unspecified atom stereocenters. The first-order valence-electron chi connectivity index (χ1n) is 9.30. The fraction of sp³-hybridized carbons (Fsp3) is 0.217. The molecule has 0 amide bonds. The van der Waals surface area contributed by atoms with Crippen LogP contribution >= 0.6 is 0 Å². The summed E-state index contributed by atoms with van der Waals surface area (Å²) in [6, 6.07) is 14.5. The zero-order chi connectivity index (χ0) is 20.5. The van der Waals surface area contributed by atoms with Gasteiger partial charge < -0.3 is 18.8 Å². The number of carbonyl (C=O) groups excluding carboxylic acids is 2. The molecule has 29 heavy (non-hydrogen) atoms. The van der Waals surface area contributed by atoms with Gasteiger partial charge in [0.05, 0.1) is 5.56 Å². The lowest BCUT2D eigenvalue weighted by molar-refractivity contribution is 0.0474. The molecular weight excluding hydrogens is 370 g/mol. The number of ether oxygens (including phenoxy) is 3. The van der Waals surface area contributed by atoms with Crippen LogP contribution in [0.25, 0.3) is 5.69 Å². The minimum atomic E-state index is -0.508. The summed E-state index contributed by atoms with van der Waals surface area (Å²) in [5.74, 6) is 0.628. The van der Waals surface area contributed by atoms with Gasteiger partial charge in [-0.25, -0.2) is 4.79 Å². The van der Waals surface area contributed by atoms with Gasteiger partial charge >= 0.3 is 5.97 Å². The summed E-state index contributed by atoms with van der Waals surface area (Å²) in [4.78, 5) is 24.9. The topological polar surface area (TPSA) is 66.8 Å². The van der Waals surface area contributed by atoms with Crippen molar-refractivity contribution in [2.24, 2.45) is 0 Å². The molecule has 0 fully saturated rings. The first-order valence-corrected chi connectivity index (χ1v) is 9.30. The van der Waals surface area contributed by atoms with Crippen molar-refractivity contribution in [1.29, 1.82) is 0 Å². The number of nitrogens with zero attached hydrogens (tertiary/aromatic N) is 1. The van der Waals surface area contributed by atoms with Crippen LogP contribution in [0.4, 0.5) is 0 Å². The largest absolute Gasteiger partial charge is 0.454 e. The Balaban J connectivity index is 1.53. The zero-order valence-corrected chi connectivity index (χ0v) is 16.5. The van der Waals surface area contributed by atoms with Crippen molar-refractivity contribution in [3.05, 3.63) is 76.6 Å². The molecule has 3 aromatic rings. The molecule has 0 saturated carbocycles. The van der Waals surface area contributed by atoms with Gasteiger partial charge in [-0.15, -0.1) is 0 Å². The Morgan fingerprint density at radius 2 is 1.79 bits per heavy atom. The number of hydrogen-bond donors (Lipinski definition) is 0. The molecule has 0 aliphatic carbocycles. The first-order chi connectivity index (χ1) is 13.9. The molecule has 4 rings (SSSR count). The van der Waals surface area contributed by atoms with Crippen LogP contribution < -0.4 is 9.47 Å². The molecule has 148 valence electrons. The van der Waals surface area contributed by atoms with Crippen LogP contribution in [0.1, 0.15) is 37.7 Å². The van der Waals surface area contributed by atoms with Gasteiger partial charge in [0.2, 0.25) is 12.6 Å². The van der Waals surface area contributed by atoms with Gasteiger partial charge in [0, 0.05) is 28.7 Å². The summed E-state index contributed by atoms with van der Waals surface area (Å²) < 4.78 is 18.0. The van der Waals surface area contributed by atoms with Gasteiger partial charge in [0.15, 0.2) is 18.1 Å². The van der Waals surface area contributed by atoms with Gasteiger partial charge in [0.25, 0.3) is 0 Å². The molecule has 6 nitrogen and oxygen atoms in total. The first kappa shape index (κ1) is 18.8. The normalized spacial score (nSPS) is 12.1. The number of ketones is 1. The molecule has 0 radical (unpaired) electrons. The number of esters is 1. The Bertz CT molecular complexity index is 1110. The summed E-state index contributed by atoms with van der Waals surface area (Å²) >= 11 is 0. The highest BCUT2D eigenvalue weighted by Crippen LogP contribution is 2.34. The lowest BCUT2D eigenvalue weighted by atomic mass is 10.1. The van der Waals surface area contributed by atoms with Gasteiger partial charge in [0.1, 0.15) is 0 Å². The third-order valence-electron chi connectivity index (χ3n) is 4.93. The number of aromatic nitrogens is 1. The SMILES string of the molecule is Cc1cccc(C(=O)OCC(=O)c2cc(C)n(-c3ccc4c(c3)OCO4)c2C)c1. The van der Waals surface area contributed by atoms with E-state index < -0.39 is 5.97 Å². The van der Waals surface area contributed by atoms with Crippen LogP contribution in [-0.2, 0) is 4.74 Å². The standard InChI is InChI=1S/C23H21NO5/c1-14-5-4-6-17(9-14)23(26)27-12-20(25)19-10-15(2)24(16(19)3)18-7-8-21-22(11-18)29-13-28-21/h4-11H,12-13H2,1-3H3. The maximum absolute atomic E-state index is 12.7. The van der Waals surface area contributed by atoms with Crippen LogP contribution in [-0.4, -0.2) is 29.7 Å². The average Bonchev–Trinajstić information content (AvgIpc) is 3.29. The second kappa shape index (κ2) is 7.47. The third kappa shape index (κ3) is 3.61. The number of carbonyl (C=O) groups is 2. The molecule has 2 heterocycles. The number of rotatable bonds is 5. The van der Waals surface area contributed by atoms with E-state index in [4.69, 9.17) is 14.2 Å². The average molecular weight is 391 g/mol. The number of aryl methyl sites for hydroxylation is 2. The zero-order valence-electron chi connectivity index (χ0n) is 16.5. The highest BCUT2D eigenvalue weighted by Gasteiger charge is 2.20. The molecule has 0 atom stereocenters. The van der Waals surface area contributed by atoms with E-state index in [1.165, 1.54) is 0 Å². The second-order valence-corrected chi connectivity index (χ2v) is 7.03. The number of fused-ring (bicyclic) bond motifs is 1. The minimum Gasteiger partial charge on any atom is -0.454 e. The molecule has 0 saturated heterocycles. The van der Waals surface area contributed by atoms with Crippen molar-refractivity contribution < 1.29 is 23.8 Å². The maximum Gasteiger partial charge on any atom is 0.338 e. The lowest BCUT2D eigenvalue weighted by Gasteiger charge is -2.11. The van der Waals surface area contributed by atoms with E-state index in [1.54, 1.807) is 18.2 Å². The van der Waals surface area contributed by atoms with Gasteiger partial charge in [-0.05, 0) is 51.1 Å². The molecule has 2 aromatic carbocycles. The highest BCUT2D eigenvalue weighted by atomic mass is 16.7. The fourth-order valence-corrected chi connectivity index (χ4v) is 3.53. The van der Waals surface area contributed by atoms with E-state index in [1.807, 2.05) is 55.7 Å². The minimum absolute atomic E-state index is 0.207. The summed E-state index contributed by atoms with van der Waals surface area (Å²) in [5.41, 5.74) is 4.46. The molecule has 1 aliphatic heterocycles. The molecule has 6 heteroatoms. The third-order valence-corrected chi connectivity index (χ3v) is 4.93. The van der Waals surface area contributed by atoms with E-state index in [0.29, 0.717) is 22.6 Å². The van der Waals surface area contributed by atoms with Crippen LogP contribution in [0.3, 0.4) is 0 Å². The van der Waals surface area contributed by atoms with Crippen molar-refractivity contribution in [1.82, 2.24) is 4.57 Å². The second-order valence-electron chi connectivity index (χ2n) is 7.03. The van der Waals surface area contributed by atoms with Crippen LogP contribution in [0.5, 0.6) is 11.5 Å². The van der Waals surface area contributed by atoms with E-state index in [9.17, 15) is 9.59 Å². The fourth-order valence-electron chi connectivity index (χ4n) is 3.53. The molecule has 1 aromatic heterocycles. The number of hydrogen-bond acceptors (Lipinski definition) is 5. The lowest BCUT2D eigenvalue weighted by Crippen LogP contribution is -2.15. The Morgan fingerprint density at radius 1 is 1.00 bits per heavy atom. The van der Waals surface area contributed by atoms with Crippen molar-refractivity contribution in [2.75, 3.05) is 13.4 Å². The summed E-state index contributed by atoms with van der Waals surface area (Å²) in [7, 11) is 0. The number of Topliss-reactive ketones (excluding diaryl/α,β-unsaturated/α-hetero) is 1. The Kier molecular flexibility index (Phi) is 4.84. The van der Waals surface area contributed by atoms with Gasteiger partial charge in [-0.3, -0.25) is 4.79 Å². The highest BCUT2D eigenvalue weighted by molar-refractivity contribution is 6.00. The van der Waals surface area contributed by atoms with E-state index in [2.05, 4.69) is 0 Å². The molecule has 0 spiro atoms. The predicted molar refractivity (Wildman–Crippen MR) is 107 cm³/mol. The number of benzene rings is 2. The van der Waals surface area contributed by atoms with E-state index in [-0.39, 0.29) is 19.2 Å². The molecule has 0 bridgehead atoms. The van der Waals surface area contributed by atoms with Crippen LogP contribution in [0.2, 0.25) is 0 Å². The monoisotopic (exact) mass is 391 g/mol. The smallest absolute Gasteiger partial charge is 0.338 e. The molecule has 0 N–H and O–H groups in total. The summed E-state index contributed by atoms with van der Waals surface area (Å²) in [6.45, 7) is 5.59. The van der Waals surface area contributed by atoms with E-state index in [0.717, 1.165) is 22.6 Å². The van der Waals surface area contributed by atoms with Crippen LogP contribution in [0.15, 0.2) is 48.5 Å². The summed E-state index contributed by atoms with van der Waals surface area (Å²) in [5, 5.41) is 0. The molecule has 1 aliphatic rings. The van der Waals surface area contributed by atoms with Crippen molar-refractivity contribution in [3.8, 4) is 17.2 Å². The van der Waals surface area contributed by atoms with Crippen LogP contribution in [0, 0.1) is 20.8 Å². The van der Waals surface area contributed by atoms with E-state index >= 15 is 0 Å². The Labute approximate surface area is 168 Å². The molecular formula is C23H21NO5. The van der Waals surface area contributed by atoms with Crippen molar-refractivity contribution in [2.45, 2.75) is 20.8 Å². The van der Waals surface area contributed by atoms with Crippen molar-refractivity contribution in [3.63, 3.8) is 0 Å². The van der Waals surface area contributed by atoms with Gasteiger partial charge in [-0.1, -0.05) is 17.7 Å². The predicted octanol–water partition coefficient (Wildman–Crippen LogP) is 4.17. The Morgan fingerprint density at radius 3 is 2.59 bits per heavy atom. The van der Waals surface area contributed by atoms with Crippen molar-refractivity contribution >= 4 is 11.8 Å². The summed E-state index contributed by atoms with van der Waals surface area (Å²) in [6.07, 6.45) is 0.